The Kier molecular flexibility index (Phi) is 4.63. The first kappa shape index (κ1) is 16.6. The predicted octanol–water partition coefficient (Wildman–Crippen LogP) is 4.29. The highest BCUT2D eigenvalue weighted by molar-refractivity contribution is 7.16. The smallest absolute Gasteiger partial charge is 0.218 e. The molecule has 0 aliphatic heterocycles. The Bertz CT molecular complexity index is 863. The number of thiazole rings is 1. The van der Waals surface area contributed by atoms with Crippen LogP contribution in [0.3, 0.4) is 0 Å². The van der Waals surface area contributed by atoms with E-state index < -0.39 is 8.07 Å². The van der Waals surface area contributed by atoms with Crippen LogP contribution in [-0.4, -0.2) is 23.0 Å². The standard InChI is InChI=1S/C17H20N4OSSi/c1-12-6-5-7-14(20-12)21-17-19-10-13(23-17)8-9-15-18-11-16(22-15)24(2,3)4/h5-11H,1-4H3,(H,19,20,21). The van der Waals surface area contributed by atoms with E-state index in [2.05, 4.69) is 39.9 Å². The van der Waals surface area contributed by atoms with E-state index in [0.717, 1.165) is 26.9 Å². The van der Waals surface area contributed by atoms with Crippen LogP contribution < -0.4 is 10.7 Å². The molecule has 24 heavy (non-hydrogen) atoms. The minimum Gasteiger partial charge on any atom is -0.447 e. The summed E-state index contributed by atoms with van der Waals surface area (Å²) in [5, 5.41) is 5.04. The van der Waals surface area contributed by atoms with Crippen molar-refractivity contribution in [3.63, 3.8) is 0 Å². The van der Waals surface area contributed by atoms with Crippen molar-refractivity contribution in [1.82, 2.24) is 15.0 Å². The molecule has 0 radical (unpaired) electrons. The quantitative estimate of drug-likeness (QED) is 0.691. The van der Waals surface area contributed by atoms with E-state index in [1.54, 1.807) is 11.3 Å². The van der Waals surface area contributed by atoms with Crippen molar-refractivity contribution >= 4 is 47.9 Å². The molecule has 7 heteroatoms. The highest BCUT2D eigenvalue weighted by Gasteiger charge is 2.21. The molecule has 3 heterocycles. The van der Waals surface area contributed by atoms with E-state index in [9.17, 15) is 0 Å². The first-order chi connectivity index (χ1) is 11.4. The molecular weight excluding hydrogens is 336 g/mol. The molecule has 5 nitrogen and oxygen atoms in total. The Hall–Kier alpha value is -2.25. The van der Waals surface area contributed by atoms with Crippen LogP contribution in [0.4, 0.5) is 10.9 Å². The molecule has 0 unspecified atom stereocenters. The van der Waals surface area contributed by atoms with Gasteiger partial charge in [-0.3, -0.25) is 0 Å². The Morgan fingerprint density at radius 1 is 1.12 bits per heavy atom. The van der Waals surface area contributed by atoms with Crippen LogP contribution in [-0.2, 0) is 0 Å². The van der Waals surface area contributed by atoms with E-state index in [-0.39, 0.29) is 0 Å². The molecule has 0 fully saturated rings. The molecule has 0 bridgehead atoms. The van der Waals surface area contributed by atoms with Gasteiger partial charge in [-0.1, -0.05) is 37.0 Å². The van der Waals surface area contributed by atoms with Gasteiger partial charge in [-0.25, -0.2) is 15.0 Å². The Morgan fingerprint density at radius 3 is 2.67 bits per heavy atom. The minimum atomic E-state index is -1.45. The second-order valence-corrected chi connectivity index (χ2v) is 12.6. The van der Waals surface area contributed by atoms with Crippen molar-refractivity contribution in [3.8, 4) is 0 Å². The predicted molar refractivity (Wildman–Crippen MR) is 103 cm³/mol. The fourth-order valence-corrected chi connectivity index (χ4v) is 3.60. The van der Waals surface area contributed by atoms with Gasteiger partial charge in [0.15, 0.2) is 5.13 Å². The lowest BCUT2D eigenvalue weighted by Crippen LogP contribution is -2.36. The maximum Gasteiger partial charge on any atom is 0.218 e. The molecular formula is C17H20N4OSSi. The maximum absolute atomic E-state index is 5.81. The zero-order chi connectivity index (χ0) is 17.2. The molecule has 3 rings (SSSR count). The van der Waals surface area contributed by atoms with Gasteiger partial charge in [-0.05, 0) is 25.1 Å². The fraction of sp³-hybridized carbons (Fsp3) is 0.235. The maximum atomic E-state index is 5.81. The molecule has 124 valence electrons. The number of oxazole rings is 1. The summed E-state index contributed by atoms with van der Waals surface area (Å²) in [5.41, 5.74) is 0.971. The molecule has 0 aliphatic carbocycles. The number of hydrogen-bond acceptors (Lipinski definition) is 6. The molecule has 0 atom stereocenters. The van der Waals surface area contributed by atoms with Gasteiger partial charge in [0, 0.05) is 22.8 Å². The van der Waals surface area contributed by atoms with Crippen LogP contribution in [0, 0.1) is 6.92 Å². The molecule has 3 aromatic rings. The zero-order valence-electron chi connectivity index (χ0n) is 14.2. The third kappa shape index (κ3) is 4.18. The molecule has 0 spiro atoms. The average Bonchev–Trinajstić information content (AvgIpc) is 3.13. The minimum absolute atomic E-state index is 0.635. The van der Waals surface area contributed by atoms with Crippen LogP contribution >= 0.6 is 11.3 Å². The number of anilines is 2. The summed E-state index contributed by atoms with van der Waals surface area (Å²) in [4.78, 5) is 14.1. The second-order valence-electron chi connectivity index (χ2n) is 6.50. The highest BCUT2D eigenvalue weighted by atomic mass is 32.1. The summed E-state index contributed by atoms with van der Waals surface area (Å²) in [6.07, 6.45) is 7.51. The molecule has 0 saturated heterocycles. The normalized spacial score (nSPS) is 12.0. The van der Waals surface area contributed by atoms with E-state index >= 15 is 0 Å². The number of rotatable bonds is 5. The van der Waals surface area contributed by atoms with Crippen LogP contribution in [0.25, 0.3) is 12.2 Å². The largest absolute Gasteiger partial charge is 0.447 e. The van der Waals surface area contributed by atoms with E-state index in [1.165, 1.54) is 0 Å². The number of nitrogens with zero attached hydrogens (tertiary/aromatic N) is 3. The summed E-state index contributed by atoms with van der Waals surface area (Å²) < 4.78 is 5.81. The molecule has 1 N–H and O–H groups in total. The van der Waals surface area contributed by atoms with Crippen molar-refractivity contribution in [2.75, 3.05) is 5.32 Å². The molecule has 0 aromatic carbocycles. The molecule has 0 saturated carbocycles. The summed E-state index contributed by atoms with van der Waals surface area (Å²) >= 11 is 1.56. The van der Waals surface area contributed by atoms with Crippen molar-refractivity contribution in [2.45, 2.75) is 26.6 Å². The van der Waals surface area contributed by atoms with Gasteiger partial charge in [-0.2, -0.15) is 0 Å². The second kappa shape index (κ2) is 6.70. The molecule has 3 aromatic heterocycles. The lowest BCUT2D eigenvalue weighted by molar-refractivity contribution is 0.574. The summed E-state index contributed by atoms with van der Waals surface area (Å²) in [6, 6.07) is 5.86. The summed E-state index contributed by atoms with van der Waals surface area (Å²) in [7, 11) is -1.45. The van der Waals surface area contributed by atoms with E-state index in [4.69, 9.17) is 4.42 Å². The average molecular weight is 357 g/mol. The SMILES string of the molecule is Cc1cccc(Nc2ncc(C=Cc3ncc([Si](C)(C)C)o3)s2)n1. The van der Waals surface area contributed by atoms with Gasteiger partial charge in [-0.15, -0.1) is 0 Å². The van der Waals surface area contributed by atoms with Gasteiger partial charge < -0.3 is 9.73 Å². The van der Waals surface area contributed by atoms with Gasteiger partial charge >= 0.3 is 0 Å². The van der Waals surface area contributed by atoms with Crippen molar-refractivity contribution < 1.29 is 4.42 Å². The summed E-state index contributed by atoms with van der Waals surface area (Å²) in [6.45, 7) is 8.68. The highest BCUT2D eigenvalue weighted by Crippen LogP contribution is 2.23. The Balaban J connectivity index is 1.68. The number of aryl methyl sites for hydroxylation is 1. The molecule has 0 aliphatic rings. The third-order valence-corrected chi connectivity index (χ3v) is 5.89. The Morgan fingerprint density at radius 2 is 1.96 bits per heavy atom. The van der Waals surface area contributed by atoms with Gasteiger partial charge in [0.05, 0.1) is 6.20 Å². The van der Waals surface area contributed by atoms with Crippen LogP contribution in [0.15, 0.2) is 35.0 Å². The van der Waals surface area contributed by atoms with Crippen molar-refractivity contribution in [3.05, 3.63) is 47.1 Å². The lowest BCUT2D eigenvalue weighted by atomic mass is 10.4. The van der Waals surface area contributed by atoms with Crippen LogP contribution in [0.1, 0.15) is 16.5 Å². The Labute approximate surface area is 146 Å². The van der Waals surface area contributed by atoms with Gasteiger partial charge in [0.25, 0.3) is 0 Å². The lowest BCUT2D eigenvalue weighted by Gasteiger charge is -2.09. The first-order valence-electron chi connectivity index (χ1n) is 7.71. The van der Waals surface area contributed by atoms with Crippen molar-refractivity contribution in [1.29, 1.82) is 0 Å². The first-order valence-corrected chi connectivity index (χ1v) is 12.0. The van der Waals surface area contributed by atoms with Gasteiger partial charge in [0.1, 0.15) is 19.3 Å². The zero-order valence-corrected chi connectivity index (χ0v) is 16.0. The van der Waals surface area contributed by atoms with Crippen LogP contribution in [0.2, 0.25) is 19.6 Å². The number of hydrogen-bond donors (Lipinski definition) is 1. The van der Waals surface area contributed by atoms with Crippen molar-refractivity contribution in [2.24, 2.45) is 0 Å². The van der Waals surface area contributed by atoms with Gasteiger partial charge in [0.2, 0.25) is 5.89 Å². The number of nitrogens with one attached hydrogen (secondary N) is 1. The van der Waals surface area contributed by atoms with E-state index in [1.807, 2.05) is 49.7 Å². The number of pyridine rings is 1. The number of aromatic nitrogens is 3. The summed E-state index contributed by atoms with van der Waals surface area (Å²) in [5.74, 6) is 1.43. The monoisotopic (exact) mass is 356 g/mol. The fourth-order valence-electron chi connectivity index (χ4n) is 2.01. The third-order valence-electron chi connectivity index (χ3n) is 3.30. The topological polar surface area (TPSA) is 63.8 Å². The van der Waals surface area contributed by atoms with E-state index in [0.29, 0.717) is 5.89 Å². The molecule has 0 amide bonds. The van der Waals surface area contributed by atoms with Crippen LogP contribution in [0.5, 0.6) is 0 Å².